The molecule has 6 nitrogen and oxygen atoms in total. The van der Waals surface area contributed by atoms with Crippen molar-refractivity contribution in [1.82, 2.24) is 4.98 Å². The van der Waals surface area contributed by atoms with E-state index in [-0.39, 0.29) is 29.5 Å². The van der Waals surface area contributed by atoms with Crippen LogP contribution >= 0.6 is 0 Å². The molecule has 1 aliphatic carbocycles. The predicted molar refractivity (Wildman–Crippen MR) is 144 cm³/mol. The van der Waals surface area contributed by atoms with Crippen LogP contribution in [0.15, 0.2) is 72.8 Å². The lowest BCUT2D eigenvalue weighted by Gasteiger charge is -2.20. The lowest BCUT2D eigenvalue weighted by atomic mass is 10.1. The molecule has 1 atom stereocenters. The fourth-order valence-electron chi connectivity index (χ4n) is 4.14. The molecule has 39 heavy (non-hydrogen) atoms. The summed E-state index contributed by atoms with van der Waals surface area (Å²) in [6.45, 7) is -0.390. The number of hydrogen-bond acceptors (Lipinski definition) is 5. The summed E-state index contributed by atoms with van der Waals surface area (Å²) >= 11 is 0. The number of pyridine rings is 1. The van der Waals surface area contributed by atoms with Crippen LogP contribution in [0, 0.1) is 11.7 Å². The van der Waals surface area contributed by atoms with Gasteiger partial charge in [0.1, 0.15) is 35.6 Å². The lowest BCUT2D eigenvalue weighted by Crippen LogP contribution is -2.16. The third-order valence-electron chi connectivity index (χ3n) is 6.43. The smallest absolute Gasteiger partial charge is 0.339 e. The van der Waals surface area contributed by atoms with Crippen LogP contribution < -0.4 is 9.47 Å². The van der Waals surface area contributed by atoms with E-state index in [4.69, 9.17) is 14.2 Å². The standard InChI is InChI=1S/C31H27F2NO5/c32-19-39-26-12-13-29(27(16-26)31(35)36)38-18-30(37-17-21-4-5-21)23-3-1-2-20(14-23)6-10-25-11-8-22-7-9-24(33)15-28(22)34-25/h1-3,6-16,21,30H,4-5,17-19H2,(H,35,36)/b10-6+/t30-/m0/s1. The van der Waals surface area contributed by atoms with Gasteiger partial charge < -0.3 is 19.3 Å². The molecule has 1 fully saturated rings. The monoisotopic (exact) mass is 531 g/mol. The zero-order chi connectivity index (χ0) is 27.2. The zero-order valence-corrected chi connectivity index (χ0v) is 21.1. The first-order chi connectivity index (χ1) is 19.0. The molecule has 1 N–H and O–H groups in total. The summed E-state index contributed by atoms with van der Waals surface area (Å²) < 4.78 is 43.0. The molecule has 0 spiro atoms. The molecule has 1 saturated carbocycles. The molecule has 0 bridgehead atoms. The van der Waals surface area contributed by atoms with E-state index in [2.05, 4.69) is 4.98 Å². The Morgan fingerprint density at radius 2 is 1.87 bits per heavy atom. The van der Waals surface area contributed by atoms with Crippen molar-refractivity contribution in [2.24, 2.45) is 5.92 Å². The maximum atomic E-state index is 13.6. The highest BCUT2D eigenvalue weighted by Gasteiger charge is 2.25. The van der Waals surface area contributed by atoms with Crippen LogP contribution in [0.1, 0.15) is 46.1 Å². The molecular weight excluding hydrogens is 504 g/mol. The average molecular weight is 532 g/mol. The van der Waals surface area contributed by atoms with Gasteiger partial charge in [-0.1, -0.05) is 30.3 Å². The van der Waals surface area contributed by atoms with Crippen molar-refractivity contribution in [3.8, 4) is 11.5 Å². The quantitative estimate of drug-likeness (QED) is 0.210. The van der Waals surface area contributed by atoms with E-state index in [1.54, 1.807) is 6.07 Å². The third-order valence-corrected chi connectivity index (χ3v) is 6.43. The van der Waals surface area contributed by atoms with Gasteiger partial charge in [0, 0.05) is 11.5 Å². The molecule has 0 aliphatic heterocycles. The van der Waals surface area contributed by atoms with Crippen molar-refractivity contribution in [3.05, 3.63) is 101 Å². The Hall–Kier alpha value is -4.30. The summed E-state index contributed by atoms with van der Waals surface area (Å²) in [7, 11) is 0. The number of nitrogens with zero attached hydrogens (tertiary/aromatic N) is 1. The van der Waals surface area contributed by atoms with Gasteiger partial charge in [-0.3, -0.25) is 0 Å². The number of aromatic nitrogens is 1. The molecule has 200 valence electrons. The molecule has 3 aromatic carbocycles. The number of benzene rings is 3. The molecule has 1 aliphatic rings. The topological polar surface area (TPSA) is 77.9 Å². The van der Waals surface area contributed by atoms with Gasteiger partial charge in [-0.2, -0.15) is 0 Å². The number of aromatic carboxylic acids is 1. The first-order valence-electron chi connectivity index (χ1n) is 12.6. The highest BCUT2D eigenvalue weighted by atomic mass is 19.1. The number of rotatable bonds is 12. The number of carboxylic acids is 1. The number of hydrogen-bond donors (Lipinski definition) is 1. The summed E-state index contributed by atoms with van der Waals surface area (Å²) in [5.74, 6) is -0.770. The van der Waals surface area contributed by atoms with Crippen LogP contribution in [0.5, 0.6) is 11.5 Å². The normalized spacial score (nSPS) is 14.0. The minimum Gasteiger partial charge on any atom is -0.490 e. The minimum atomic E-state index is -1.21. The summed E-state index contributed by atoms with van der Waals surface area (Å²) in [6, 6.07) is 20.2. The van der Waals surface area contributed by atoms with Crippen molar-refractivity contribution in [2.45, 2.75) is 18.9 Å². The van der Waals surface area contributed by atoms with Crippen LogP contribution in [0.2, 0.25) is 0 Å². The van der Waals surface area contributed by atoms with Gasteiger partial charge in [-0.15, -0.1) is 0 Å². The van der Waals surface area contributed by atoms with Gasteiger partial charge >= 0.3 is 5.97 Å². The van der Waals surface area contributed by atoms with Crippen LogP contribution in [-0.4, -0.2) is 36.1 Å². The maximum absolute atomic E-state index is 13.6. The molecule has 8 heteroatoms. The second-order valence-electron chi connectivity index (χ2n) is 9.37. The Kier molecular flexibility index (Phi) is 8.13. The van der Waals surface area contributed by atoms with E-state index in [1.165, 1.54) is 30.3 Å². The third kappa shape index (κ3) is 6.97. The second kappa shape index (κ2) is 12.0. The van der Waals surface area contributed by atoms with E-state index in [0.717, 1.165) is 29.4 Å². The molecule has 0 radical (unpaired) electrons. The molecule has 1 heterocycles. The number of alkyl halides is 1. The van der Waals surface area contributed by atoms with E-state index in [9.17, 15) is 18.7 Å². The Balaban J connectivity index is 1.34. The van der Waals surface area contributed by atoms with Gasteiger partial charge in [0.25, 0.3) is 0 Å². The van der Waals surface area contributed by atoms with Crippen LogP contribution in [0.25, 0.3) is 23.1 Å². The number of ether oxygens (including phenoxy) is 3. The number of carboxylic acid groups (broad SMARTS) is 1. The molecule has 4 aromatic rings. The molecule has 0 unspecified atom stereocenters. The van der Waals surface area contributed by atoms with Crippen molar-refractivity contribution >= 4 is 29.0 Å². The number of fused-ring (bicyclic) bond motifs is 1. The van der Waals surface area contributed by atoms with Crippen molar-refractivity contribution < 1.29 is 32.9 Å². The molecule has 1 aromatic heterocycles. The Morgan fingerprint density at radius 1 is 1.03 bits per heavy atom. The highest BCUT2D eigenvalue weighted by Crippen LogP contribution is 2.32. The Morgan fingerprint density at radius 3 is 2.67 bits per heavy atom. The van der Waals surface area contributed by atoms with E-state index < -0.39 is 18.9 Å². The predicted octanol–water partition coefficient (Wildman–Crippen LogP) is 7.10. The minimum absolute atomic E-state index is 0.0846. The van der Waals surface area contributed by atoms with Crippen molar-refractivity contribution in [3.63, 3.8) is 0 Å². The molecule has 0 saturated heterocycles. The summed E-state index contributed by atoms with van der Waals surface area (Å²) in [4.78, 5) is 16.3. The Labute approximate surface area is 224 Å². The molecule has 0 amide bonds. The van der Waals surface area contributed by atoms with E-state index >= 15 is 0 Å². The lowest BCUT2D eigenvalue weighted by molar-refractivity contribution is 0.0128. The van der Waals surface area contributed by atoms with Gasteiger partial charge in [0.05, 0.1) is 17.8 Å². The second-order valence-corrected chi connectivity index (χ2v) is 9.37. The van der Waals surface area contributed by atoms with Crippen LogP contribution in [-0.2, 0) is 4.74 Å². The zero-order valence-electron chi connectivity index (χ0n) is 21.1. The van der Waals surface area contributed by atoms with Crippen LogP contribution in [0.4, 0.5) is 8.78 Å². The largest absolute Gasteiger partial charge is 0.490 e. The first-order valence-corrected chi connectivity index (χ1v) is 12.6. The molecular formula is C31H27F2NO5. The van der Waals surface area contributed by atoms with Crippen molar-refractivity contribution in [2.75, 3.05) is 20.1 Å². The Bertz CT molecular complexity index is 1500. The van der Waals surface area contributed by atoms with Crippen molar-refractivity contribution in [1.29, 1.82) is 0 Å². The van der Waals surface area contributed by atoms with Crippen LogP contribution in [0.3, 0.4) is 0 Å². The highest BCUT2D eigenvalue weighted by molar-refractivity contribution is 5.91. The van der Waals surface area contributed by atoms with E-state index in [0.29, 0.717) is 23.7 Å². The summed E-state index contributed by atoms with van der Waals surface area (Å²) in [5, 5.41) is 10.5. The fourth-order valence-corrected chi connectivity index (χ4v) is 4.14. The summed E-state index contributed by atoms with van der Waals surface area (Å²) in [5.41, 5.74) is 2.95. The van der Waals surface area contributed by atoms with Gasteiger partial charge in [0.15, 0.2) is 0 Å². The SMILES string of the molecule is O=C(O)c1cc(OCF)ccc1OC[C@H](OCC1CC1)c1cccc(/C=C/c2ccc3ccc(F)cc3n2)c1. The first kappa shape index (κ1) is 26.3. The van der Waals surface area contributed by atoms with Gasteiger partial charge in [0.2, 0.25) is 6.86 Å². The van der Waals surface area contributed by atoms with Gasteiger partial charge in [-0.05, 0) is 78.4 Å². The number of carbonyl (C=O) groups is 1. The summed E-state index contributed by atoms with van der Waals surface area (Å²) in [6.07, 6.45) is 5.59. The fraction of sp³-hybridized carbons (Fsp3) is 0.226. The van der Waals surface area contributed by atoms with E-state index in [1.807, 2.05) is 48.6 Å². The number of halogens is 2. The molecule has 5 rings (SSSR count). The average Bonchev–Trinajstić information content (AvgIpc) is 3.77. The van der Waals surface area contributed by atoms with Gasteiger partial charge in [-0.25, -0.2) is 18.6 Å². The maximum Gasteiger partial charge on any atom is 0.339 e.